The van der Waals surface area contributed by atoms with E-state index in [4.69, 9.17) is 9.47 Å². The Morgan fingerprint density at radius 2 is 1.77 bits per heavy atom. The van der Waals surface area contributed by atoms with Gasteiger partial charge in [-0.3, -0.25) is 9.59 Å². The predicted molar refractivity (Wildman–Crippen MR) is 97.7 cm³/mol. The first-order chi connectivity index (χ1) is 12.5. The Hall–Kier alpha value is -3.35. The van der Waals surface area contributed by atoms with Crippen LogP contribution in [0.2, 0.25) is 0 Å². The molecule has 1 N–H and O–H groups in total. The van der Waals surface area contributed by atoms with E-state index in [0.717, 1.165) is 5.56 Å². The van der Waals surface area contributed by atoms with Crippen molar-refractivity contribution in [2.75, 3.05) is 14.2 Å². The molecule has 0 aliphatic carbocycles. The number of methoxy groups -OCH3 is 2. The molecule has 1 amide bonds. The van der Waals surface area contributed by atoms with Crippen LogP contribution < -0.4 is 20.3 Å². The topological polar surface area (TPSA) is 82.5 Å². The lowest BCUT2D eigenvalue weighted by Gasteiger charge is -2.11. The third-order valence-electron chi connectivity index (χ3n) is 4.07. The van der Waals surface area contributed by atoms with E-state index in [1.807, 2.05) is 6.07 Å². The van der Waals surface area contributed by atoms with Crippen molar-refractivity contribution in [1.82, 2.24) is 15.1 Å². The molecular weight excluding hydrogens is 334 g/mol. The van der Waals surface area contributed by atoms with Crippen LogP contribution in [0.5, 0.6) is 11.5 Å². The van der Waals surface area contributed by atoms with E-state index in [9.17, 15) is 9.59 Å². The minimum Gasteiger partial charge on any atom is -0.493 e. The number of hydrogen-bond donors (Lipinski definition) is 1. The Morgan fingerprint density at radius 1 is 1.08 bits per heavy atom. The van der Waals surface area contributed by atoms with Gasteiger partial charge in [0.05, 0.1) is 19.6 Å². The van der Waals surface area contributed by atoms with E-state index in [1.54, 1.807) is 50.6 Å². The molecule has 1 heterocycles. The Bertz CT molecular complexity index is 1030. The summed E-state index contributed by atoms with van der Waals surface area (Å²) < 4.78 is 11.6. The van der Waals surface area contributed by atoms with Crippen molar-refractivity contribution in [2.45, 2.75) is 6.54 Å². The molecule has 0 saturated heterocycles. The van der Waals surface area contributed by atoms with E-state index in [0.29, 0.717) is 22.3 Å². The maximum Gasteiger partial charge on any atom is 0.274 e. The van der Waals surface area contributed by atoms with Crippen molar-refractivity contribution in [3.8, 4) is 11.5 Å². The van der Waals surface area contributed by atoms with Crippen molar-refractivity contribution in [2.24, 2.45) is 7.05 Å². The number of nitrogens with zero attached hydrogens (tertiary/aromatic N) is 2. The second-order valence-electron chi connectivity index (χ2n) is 5.69. The number of nitrogens with one attached hydrogen (secondary N) is 1. The third-order valence-corrected chi connectivity index (χ3v) is 4.07. The van der Waals surface area contributed by atoms with Crippen molar-refractivity contribution in [3.63, 3.8) is 0 Å². The van der Waals surface area contributed by atoms with Gasteiger partial charge in [0, 0.05) is 19.0 Å². The summed E-state index contributed by atoms with van der Waals surface area (Å²) >= 11 is 0. The monoisotopic (exact) mass is 353 g/mol. The van der Waals surface area contributed by atoms with Crippen molar-refractivity contribution in [1.29, 1.82) is 0 Å². The molecule has 7 heteroatoms. The van der Waals surface area contributed by atoms with Gasteiger partial charge >= 0.3 is 0 Å². The fourth-order valence-corrected chi connectivity index (χ4v) is 2.72. The number of aryl methyl sites for hydroxylation is 1. The van der Waals surface area contributed by atoms with Gasteiger partial charge in [-0.15, -0.1) is 0 Å². The zero-order valence-electron chi connectivity index (χ0n) is 14.8. The number of amides is 1. The zero-order chi connectivity index (χ0) is 18.7. The summed E-state index contributed by atoms with van der Waals surface area (Å²) in [5.41, 5.74) is 0.824. The quantitative estimate of drug-likeness (QED) is 0.757. The number of benzene rings is 2. The molecule has 0 fully saturated rings. The van der Waals surface area contributed by atoms with Crippen LogP contribution in [0, 0.1) is 0 Å². The lowest BCUT2D eigenvalue weighted by molar-refractivity contribution is 0.0945. The fraction of sp³-hybridized carbons (Fsp3) is 0.211. The van der Waals surface area contributed by atoms with Gasteiger partial charge in [-0.2, -0.15) is 5.10 Å². The van der Waals surface area contributed by atoms with Crippen molar-refractivity contribution >= 4 is 16.7 Å². The Labute approximate surface area is 150 Å². The van der Waals surface area contributed by atoms with Gasteiger partial charge in [0.25, 0.3) is 11.5 Å². The minimum absolute atomic E-state index is 0.211. The summed E-state index contributed by atoms with van der Waals surface area (Å²) in [6.45, 7) is 0.290. The second kappa shape index (κ2) is 7.26. The largest absolute Gasteiger partial charge is 0.493 e. The molecule has 0 spiro atoms. The SMILES string of the molecule is COc1ccc(CNC(=O)c2nn(C)c(=O)c3ccccc23)cc1OC. The molecule has 0 radical (unpaired) electrons. The summed E-state index contributed by atoms with van der Waals surface area (Å²) in [5, 5.41) is 7.94. The summed E-state index contributed by atoms with van der Waals surface area (Å²) in [4.78, 5) is 24.8. The number of carbonyl (C=O) groups is 1. The van der Waals surface area contributed by atoms with Crippen LogP contribution in [0.15, 0.2) is 47.3 Å². The first-order valence-corrected chi connectivity index (χ1v) is 8.00. The highest BCUT2D eigenvalue weighted by atomic mass is 16.5. The molecule has 7 nitrogen and oxygen atoms in total. The standard InChI is InChI=1S/C19H19N3O4/c1-22-19(24)14-7-5-4-6-13(14)17(21-22)18(23)20-11-12-8-9-15(25-2)16(10-12)26-3/h4-10H,11H2,1-3H3,(H,20,23). The number of aromatic nitrogens is 2. The fourth-order valence-electron chi connectivity index (χ4n) is 2.72. The van der Waals surface area contributed by atoms with E-state index in [1.165, 1.54) is 11.7 Å². The molecule has 0 aliphatic heterocycles. The van der Waals surface area contributed by atoms with Gasteiger partial charge in [-0.1, -0.05) is 24.3 Å². The van der Waals surface area contributed by atoms with E-state index < -0.39 is 0 Å². The Kier molecular flexibility index (Phi) is 4.88. The maximum atomic E-state index is 12.6. The number of rotatable bonds is 5. The average Bonchev–Trinajstić information content (AvgIpc) is 2.68. The molecule has 2 aromatic carbocycles. The van der Waals surface area contributed by atoms with Crippen LogP contribution in [0.1, 0.15) is 16.1 Å². The van der Waals surface area contributed by atoms with Crippen molar-refractivity contribution < 1.29 is 14.3 Å². The molecule has 26 heavy (non-hydrogen) atoms. The minimum atomic E-state index is -0.355. The third kappa shape index (κ3) is 3.23. The van der Waals surface area contributed by atoms with Crippen LogP contribution in [-0.4, -0.2) is 29.9 Å². The van der Waals surface area contributed by atoms with Gasteiger partial charge < -0.3 is 14.8 Å². The predicted octanol–water partition coefficient (Wildman–Crippen LogP) is 1.88. The van der Waals surface area contributed by atoms with Crippen LogP contribution in [0.25, 0.3) is 10.8 Å². The van der Waals surface area contributed by atoms with Crippen LogP contribution in [0.4, 0.5) is 0 Å². The van der Waals surface area contributed by atoms with Crippen LogP contribution >= 0.6 is 0 Å². The molecule has 0 aliphatic rings. The highest BCUT2D eigenvalue weighted by molar-refractivity contribution is 6.04. The highest BCUT2D eigenvalue weighted by Crippen LogP contribution is 2.27. The number of carbonyl (C=O) groups excluding carboxylic acids is 1. The number of ether oxygens (including phenoxy) is 2. The van der Waals surface area contributed by atoms with E-state index >= 15 is 0 Å². The molecule has 0 saturated carbocycles. The van der Waals surface area contributed by atoms with Crippen LogP contribution in [-0.2, 0) is 13.6 Å². The molecule has 0 bridgehead atoms. The Morgan fingerprint density at radius 3 is 2.46 bits per heavy atom. The number of hydrogen-bond acceptors (Lipinski definition) is 5. The first kappa shape index (κ1) is 17.5. The maximum absolute atomic E-state index is 12.6. The molecule has 0 unspecified atom stereocenters. The van der Waals surface area contributed by atoms with Crippen molar-refractivity contribution in [3.05, 3.63) is 64.1 Å². The highest BCUT2D eigenvalue weighted by Gasteiger charge is 2.15. The zero-order valence-corrected chi connectivity index (χ0v) is 14.8. The van der Waals surface area contributed by atoms with Gasteiger partial charge in [0.2, 0.25) is 0 Å². The average molecular weight is 353 g/mol. The Balaban J connectivity index is 1.87. The first-order valence-electron chi connectivity index (χ1n) is 8.00. The molecule has 3 rings (SSSR count). The summed E-state index contributed by atoms with van der Waals surface area (Å²) in [6, 6.07) is 12.3. The van der Waals surface area contributed by atoms with Gasteiger partial charge in [0.15, 0.2) is 17.2 Å². The molecular formula is C19H19N3O4. The number of fused-ring (bicyclic) bond motifs is 1. The summed E-state index contributed by atoms with van der Waals surface area (Å²) in [5.74, 6) is 0.852. The lowest BCUT2D eigenvalue weighted by Crippen LogP contribution is -2.29. The van der Waals surface area contributed by atoms with Gasteiger partial charge in [-0.25, -0.2) is 4.68 Å². The normalized spacial score (nSPS) is 10.6. The van der Waals surface area contributed by atoms with E-state index in [-0.39, 0.29) is 23.7 Å². The summed E-state index contributed by atoms with van der Waals surface area (Å²) in [6.07, 6.45) is 0. The lowest BCUT2D eigenvalue weighted by atomic mass is 10.1. The van der Waals surface area contributed by atoms with Gasteiger partial charge in [-0.05, 0) is 23.8 Å². The molecule has 1 aromatic heterocycles. The second-order valence-corrected chi connectivity index (χ2v) is 5.69. The smallest absolute Gasteiger partial charge is 0.274 e. The van der Waals surface area contributed by atoms with E-state index in [2.05, 4.69) is 10.4 Å². The molecule has 134 valence electrons. The molecule has 0 atom stereocenters. The summed E-state index contributed by atoms with van der Waals surface area (Å²) in [7, 11) is 4.65. The van der Waals surface area contributed by atoms with Gasteiger partial charge in [0.1, 0.15) is 0 Å². The molecule has 3 aromatic rings. The van der Waals surface area contributed by atoms with Crippen LogP contribution in [0.3, 0.4) is 0 Å².